The van der Waals surface area contributed by atoms with Crippen LogP contribution in [0.15, 0.2) is 36.4 Å². The molecule has 2 aromatic rings. The molecule has 0 saturated heterocycles. The SMILES string of the molecule is Cc1ccccc1-c1ccc(NCC2CC2)c(N)c1Cl. The predicted molar refractivity (Wildman–Crippen MR) is 87.3 cm³/mol. The standard InChI is InChI=1S/C17H19ClN2/c1-11-4-2-3-5-13(11)14-8-9-15(17(19)16(14)18)20-10-12-6-7-12/h2-5,8-9,12,20H,6-7,10,19H2,1H3. The molecule has 1 saturated carbocycles. The zero-order valence-corrected chi connectivity index (χ0v) is 12.4. The lowest BCUT2D eigenvalue weighted by Gasteiger charge is -2.14. The second-order valence-corrected chi connectivity index (χ2v) is 5.91. The van der Waals surface area contributed by atoms with Crippen molar-refractivity contribution in [3.63, 3.8) is 0 Å². The molecule has 1 aliphatic carbocycles. The molecule has 0 amide bonds. The normalized spacial score (nSPS) is 14.3. The van der Waals surface area contributed by atoms with E-state index in [1.807, 2.05) is 18.2 Å². The Morgan fingerprint density at radius 1 is 1.15 bits per heavy atom. The van der Waals surface area contributed by atoms with Crippen molar-refractivity contribution >= 4 is 23.0 Å². The van der Waals surface area contributed by atoms with Crippen LogP contribution in [0.3, 0.4) is 0 Å². The van der Waals surface area contributed by atoms with Gasteiger partial charge in [0.05, 0.1) is 16.4 Å². The van der Waals surface area contributed by atoms with Crippen molar-refractivity contribution < 1.29 is 0 Å². The van der Waals surface area contributed by atoms with Crippen LogP contribution in [0.25, 0.3) is 11.1 Å². The van der Waals surface area contributed by atoms with Crippen LogP contribution >= 0.6 is 11.6 Å². The molecule has 2 nitrogen and oxygen atoms in total. The Balaban J connectivity index is 1.93. The van der Waals surface area contributed by atoms with E-state index in [1.165, 1.54) is 18.4 Å². The van der Waals surface area contributed by atoms with Gasteiger partial charge in [0.25, 0.3) is 0 Å². The van der Waals surface area contributed by atoms with E-state index in [-0.39, 0.29) is 0 Å². The van der Waals surface area contributed by atoms with E-state index in [2.05, 4.69) is 30.4 Å². The number of rotatable bonds is 4. The monoisotopic (exact) mass is 286 g/mol. The first kappa shape index (κ1) is 13.3. The second kappa shape index (κ2) is 5.37. The Bertz CT molecular complexity index is 633. The van der Waals surface area contributed by atoms with Crippen molar-refractivity contribution in [1.29, 1.82) is 0 Å². The van der Waals surface area contributed by atoms with Gasteiger partial charge in [-0.2, -0.15) is 0 Å². The van der Waals surface area contributed by atoms with Crippen LogP contribution in [0.5, 0.6) is 0 Å². The van der Waals surface area contributed by atoms with Crippen LogP contribution in [0, 0.1) is 12.8 Å². The third kappa shape index (κ3) is 2.61. The molecule has 20 heavy (non-hydrogen) atoms. The number of nitrogens with one attached hydrogen (secondary N) is 1. The van der Waals surface area contributed by atoms with E-state index >= 15 is 0 Å². The zero-order chi connectivity index (χ0) is 14.1. The Labute approximate surface area is 125 Å². The van der Waals surface area contributed by atoms with Gasteiger partial charge in [-0.15, -0.1) is 0 Å². The summed E-state index contributed by atoms with van der Waals surface area (Å²) in [4.78, 5) is 0. The molecule has 0 heterocycles. The lowest BCUT2D eigenvalue weighted by molar-refractivity contribution is 0.890. The predicted octanol–water partition coefficient (Wildman–Crippen LogP) is 4.72. The molecule has 1 fully saturated rings. The summed E-state index contributed by atoms with van der Waals surface area (Å²) in [5, 5.41) is 4.04. The highest BCUT2D eigenvalue weighted by Gasteiger charge is 2.21. The highest BCUT2D eigenvalue weighted by molar-refractivity contribution is 6.36. The molecule has 0 aromatic heterocycles. The number of anilines is 2. The number of nitrogen functional groups attached to an aromatic ring is 1. The average Bonchev–Trinajstić information content (AvgIpc) is 3.26. The van der Waals surface area contributed by atoms with Gasteiger partial charge in [0.15, 0.2) is 0 Å². The Hall–Kier alpha value is -1.67. The summed E-state index contributed by atoms with van der Waals surface area (Å²) in [7, 11) is 0. The number of hydrogen-bond acceptors (Lipinski definition) is 2. The molecule has 0 bridgehead atoms. The smallest absolute Gasteiger partial charge is 0.0745 e. The van der Waals surface area contributed by atoms with Crippen molar-refractivity contribution in [3.05, 3.63) is 47.0 Å². The summed E-state index contributed by atoms with van der Waals surface area (Å²) in [5.41, 5.74) is 11.1. The minimum atomic E-state index is 0.639. The van der Waals surface area contributed by atoms with E-state index < -0.39 is 0 Å². The molecule has 1 aliphatic rings. The van der Waals surface area contributed by atoms with E-state index in [0.29, 0.717) is 10.7 Å². The van der Waals surface area contributed by atoms with Gasteiger partial charge in [-0.05, 0) is 42.9 Å². The van der Waals surface area contributed by atoms with Crippen LogP contribution in [-0.4, -0.2) is 6.54 Å². The van der Waals surface area contributed by atoms with Crippen LogP contribution in [0.1, 0.15) is 18.4 Å². The van der Waals surface area contributed by atoms with E-state index in [9.17, 15) is 0 Å². The van der Waals surface area contributed by atoms with Crippen molar-refractivity contribution in [2.45, 2.75) is 19.8 Å². The number of hydrogen-bond donors (Lipinski definition) is 2. The molecular formula is C17H19ClN2. The van der Waals surface area contributed by atoms with Crippen LogP contribution in [-0.2, 0) is 0 Å². The quantitative estimate of drug-likeness (QED) is 0.798. The third-order valence-corrected chi connectivity index (χ3v) is 4.30. The Kier molecular flexibility index (Phi) is 3.58. The third-order valence-electron chi connectivity index (χ3n) is 3.89. The Morgan fingerprint density at radius 3 is 2.60 bits per heavy atom. The minimum absolute atomic E-state index is 0.639. The lowest BCUT2D eigenvalue weighted by Crippen LogP contribution is -2.06. The van der Waals surface area contributed by atoms with Crippen LogP contribution in [0.4, 0.5) is 11.4 Å². The second-order valence-electron chi connectivity index (χ2n) is 5.53. The van der Waals surface area contributed by atoms with Crippen LogP contribution in [0.2, 0.25) is 5.02 Å². The van der Waals surface area contributed by atoms with E-state index in [4.69, 9.17) is 17.3 Å². The fraction of sp³-hybridized carbons (Fsp3) is 0.294. The molecule has 3 heteroatoms. The summed E-state index contributed by atoms with van der Waals surface area (Å²) < 4.78 is 0. The lowest BCUT2D eigenvalue weighted by atomic mass is 9.99. The summed E-state index contributed by atoms with van der Waals surface area (Å²) in [6, 6.07) is 12.3. The van der Waals surface area contributed by atoms with Gasteiger partial charge in [0, 0.05) is 12.1 Å². The summed E-state index contributed by atoms with van der Waals surface area (Å²) in [5.74, 6) is 0.809. The van der Waals surface area contributed by atoms with Gasteiger partial charge in [0.1, 0.15) is 0 Å². The maximum Gasteiger partial charge on any atom is 0.0745 e. The maximum atomic E-state index is 6.47. The van der Waals surface area contributed by atoms with Gasteiger partial charge >= 0.3 is 0 Å². The van der Waals surface area contributed by atoms with Crippen molar-refractivity contribution in [2.24, 2.45) is 5.92 Å². The average molecular weight is 287 g/mol. The topological polar surface area (TPSA) is 38.0 Å². The van der Waals surface area contributed by atoms with Crippen molar-refractivity contribution in [1.82, 2.24) is 0 Å². The largest absolute Gasteiger partial charge is 0.396 e. The number of benzene rings is 2. The Morgan fingerprint density at radius 2 is 1.90 bits per heavy atom. The molecule has 2 aromatic carbocycles. The number of aryl methyl sites for hydroxylation is 1. The van der Waals surface area contributed by atoms with Gasteiger partial charge in [0.2, 0.25) is 0 Å². The first-order chi connectivity index (χ1) is 9.66. The van der Waals surface area contributed by atoms with Crippen LogP contribution < -0.4 is 11.1 Å². The fourth-order valence-corrected chi connectivity index (χ4v) is 2.67. The molecule has 0 radical (unpaired) electrons. The molecule has 104 valence electrons. The van der Waals surface area contributed by atoms with E-state index in [0.717, 1.165) is 29.3 Å². The molecule has 0 atom stereocenters. The zero-order valence-electron chi connectivity index (χ0n) is 11.6. The number of nitrogens with two attached hydrogens (primary N) is 1. The van der Waals surface area contributed by atoms with E-state index in [1.54, 1.807) is 0 Å². The summed E-state index contributed by atoms with van der Waals surface area (Å²) >= 11 is 6.47. The summed E-state index contributed by atoms with van der Waals surface area (Å²) in [6.45, 7) is 3.07. The van der Waals surface area contributed by atoms with Gasteiger partial charge in [-0.25, -0.2) is 0 Å². The number of halogens is 1. The van der Waals surface area contributed by atoms with Crippen molar-refractivity contribution in [3.8, 4) is 11.1 Å². The highest BCUT2D eigenvalue weighted by atomic mass is 35.5. The van der Waals surface area contributed by atoms with Gasteiger partial charge in [-0.1, -0.05) is 41.9 Å². The summed E-state index contributed by atoms with van der Waals surface area (Å²) in [6.07, 6.45) is 2.64. The molecule has 3 rings (SSSR count). The molecule has 0 aliphatic heterocycles. The first-order valence-corrected chi connectivity index (χ1v) is 7.42. The van der Waals surface area contributed by atoms with Crippen molar-refractivity contribution in [2.75, 3.05) is 17.6 Å². The molecule has 3 N–H and O–H groups in total. The first-order valence-electron chi connectivity index (χ1n) is 7.04. The molecule has 0 spiro atoms. The molecular weight excluding hydrogens is 268 g/mol. The minimum Gasteiger partial charge on any atom is -0.396 e. The van der Waals surface area contributed by atoms with Gasteiger partial charge in [-0.3, -0.25) is 0 Å². The fourth-order valence-electron chi connectivity index (χ4n) is 2.41. The molecule has 0 unspecified atom stereocenters. The van der Waals surface area contributed by atoms with Gasteiger partial charge < -0.3 is 11.1 Å². The maximum absolute atomic E-state index is 6.47. The highest BCUT2D eigenvalue weighted by Crippen LogP contribution is 2.38.